The van der Waals surface area contributed by atoms with Crippen LogP contribution in [0, 0.1) is 0 Å². The van der Waals surface area contributed by atoms with Gasteiger partial charge >= 0.3 is 0 Å². The fraction of sp³-hybridized carbons (Fsp3) is 0.222. The van der Waals surface area contributed by atoms with E-state index in [-0.39, 0.29) is 46.6 Å². The summed E-state index contributed by atoms with van der Waals surface area (Å²) in [6, 6.07) is 6.30. The normalized spacial score (nSPS) is 12.6. The number of ether oxygens (including phenoxy) is 1. The summed E-state index contributed by atoms with van der Waals surface area (Å²) < 4.78 is 45.3. The summed E-state index contributed by atoms with van der Waals surface area (Å²) in [7, 11) is -1.30. The van der Waals surface area contributed by atoms with E-state index in [1.165, 1.54) is 19.4 Å². The van der Waals surface area contributed by atoms with Crippen molar-refractivity contribution in [3.8, 4) is 17.1 Å². The number of nitrogens with zero attached hydrogens (tertiary/aromatic N) is 3. The van der Waals surface area contributed by atoms with E-state index in [0.29, 0.717) is 5.69 Å². The fourth-order valence-corrected chi connectivity index (χ4v) is 2.43. The monoisotopic (exact) mass is 374 g/mol. The van der Waals surface area contributed by atoms with Gasteiger partial charge in [-0.05, 0) is 18.2 Å². The van der Waals surface area contributed by atoms with E-state index in [1.54, 1.807) is 24.3 Å². The Kier molecular flexibility index (Phi) is 4.48. The third kappa shape index (κ3) is 3.86. The van der Waals surface area contributed by atoms with Gasteiger partial charge in [0, 0.05) is 19.4 Å². The number of nitrogens with one attached hydrogen (secondary N) is 2. The molecule has 27 heavy (non-hydrogen) atoms. The van der Waals surface area contributed by atoms with Crippen molar-refractivity contribution >= 4 is 17.3 Å². The third-order valence-electron chi connectivity index (χ3n) is 3.70. The van der Waals surface area contributed by atoms with E-state index >= 15 is 0 Å². The molecule has 2 heterocycles. The molecule has 0 aliphatic rings. The molecule has 0 atom stereocenters. The Hall–Kier alpha value is -3.49. The number of hydrogen-bond donors (Lipinski definition) is 2. The van der Waals surface area contributed by atoms with Gasteiger partial charge in [0.15, 0.2) is 5.75 Å². The van der Waals surface area contributed by atoms with E-state index < -0.39 is 13.7 Å². The highest BCUT2D eigenvalue weighted by molar-refractivity contribution is 6.00. The van der Waals surface area contributed by atoms with Crippen molar-refractivity contribution in [1.29, 1.82) is 0 Å². The number of amides is 1. The average Bonchev–Trinajstić information content (AvgIpc) is 3.17. The van der Waals surface area contributed by atoms with Gasteiger partial charge in [0.1, 0.15) is 0 Å². The summed E-state index contributed by atoms with van der Waals surface area (Å²) in [5.74, 6) is -0.344. The number of carbonyl (C=O) groups excluding carboxylic acids is 1. The lowest BCUT2D eigenvalue weighted by atomic mass is 10.1. The number of aromatic nitrogens is 3. The molecule has 0 aliphatic heterocycles. The summed E-state index contributed by atoms with van der Waals surface area (Å²) >= 11 is 0. The largest absolute Gasteiger partial charge is 0.494 e. The lowest BCUT2D eigenvalue weighted by molar-refractivity contribution is 0.0963. The van der Waals surface area contributed by atoms with E-state index in [2.05, 4.69) is 25.8 Å². The predicted octanol–water partition coefficient (Wildman–Crippen LogP) is 2.76. The lowest BCUT2D eigenvalue weighted by Crippen LogP contribution is -2.19. The molecule has 0 saturated heterocycles. The molecule has 0 spiro atoms. The molecule has 0 unspecified atom stereocenters. The zero-order chi connectivity index (χ0) is 21.7. The molecule has 8 nitrogen and oxygen atoms in total. The number of aryl methyl sites for hydroxylation is 1. The van der Waals surface area contributed by atoms with Gasteiger partial charge in [-0.1, -0.05) is 11.2 Å². The summed E-state index contributed by atoms with van der Waals surface area (Å²) in [6.07, 6.45) is 2.79. The second kappa shape index (κ2) is 8.26. The summed E-state index contributed by atoms with van der Waals surface area (Å²) in [6.45, 7) is -0.674. The molecular weight excluding hydrogens is 353 g/mol. The van der Waals surface area contributed by atoms with Crippen LogP contribution in [0.5, 0.6) is 5.75 Å². The van der Waals surface area contributed by atoms with Crippen LogP contribution in [0.15, 0.2) is 41.2 Å². The molecule has 1 amide bonds. The number of benzene rings is 1. The van der Waals surface area contributed by atoms with Crippen LogP contribution in [0.4, 0.5) is 15.8 Å². The number of carbonyl (C=O) groups is 1. The molecule has 3 aromatic rings. The molecule has 0 saturated carbocycles. The summed E-state index contributed by atoms with van der Waals surface area (Å²) in [5.41, 5.74) is 1.09. The molecule has 2 N–H and O–H groups in total. The summed E-state index contributed by atoms with van der Waals surface area (Å²) in [5, 5.41) is 9.29. The quantitative estimate of drug-likeness (QED) is 0.655. The fourth-order valence-electron chi connectivity index (χ4n) is 2.43. The number of hydrogen-bond acceptors (Lipinski definition) is 7. The molecular formula is C18H18FN5O3. The first-order chi connectivity index (χ1) is 14.3. The zero-order valence-electron chi connectivity index (χ0n) is 17.3. The van der Waals surface area contributed by atoms with Gasteiger partial charge in [0.2, 0.25) is 11.7 Å². The first kappa shape index (κ1) is 14.7. The highest BCUT2D eigenvalue weighted by Crippen LogP contribution is 2.37. The molecule has 0 radical (unpaired) electrons. The Morgan fingerprint density at radius 3 is 3.04 bits per heavy atom. The van der Waals surface area contributed by atoms with Crippen LogP contribution in [-0.2, 0) is 6.42 Å². The van der Waals surface area contributed by atoms with Crippen LogP contribution in [0.3, 0.4) is 0 Å². The topological polar surface area (TPSA) is 102 Å². The van der Waals surface area contributed by atoms with Crippen molar-refractivity contribution in [2.45, 2.75) is 6.42 Å². The van der Waals surface area contributed by atoms with Gasteiger partial charge in [0.05, 0.1) is 46.7 Å². The highest BCUT2D eigenvalue weighted by atomic mass is 19.1. The molecule has 2 aromatic heterocycles. The van der Waals surface area contributed by atoms with Gasteiger partial charge in [-0.2, -0.15) is 4.98 Å². The minimum absolute atomic E-state index is 0.0441. The molecule has 3 rings (SSSR count). The number of methoxy groups -OCH3 is 1. The standard InChI is InChI=1S/C18H18FN5O3/c1-20-18(25)12-10-21-9-7-13(12)22-14-5-3-4-11(16(14)26-2)17-23-15(6-8-19)27-24-17/h3-5,7,9-10H,6,8H2,1-2H3,(H,20,25)(H,21,22)/i2D3. The van der Waals surface area contributed by atoms with Crippen LogP contribution in [0.1, 0.15) is 20.4 Å². The number of rotatable bonds is 7. The van der Waals surface area contributed by atoms with Gasteiger partial charge in [-0.15, -0.1) is 0 Å². The lowest BCUT2D eigenvalue weighted by Gasteiger charge is -2.15. The number of halogens is 1. The number of alkyl halides is 1. The van der Waals surface area contributed by atoms with Crippen LogP contribution < -0.4 is 15.4 Å². The first-order valence-electron chi connectivity index (χ1n) is 9.46. The van der Waals surface area contributed by atoms with E-state index in [0.717, 1.165) is 0 Å². The maximum absolute atomic E-state index is 12.6. The van der Waals surface area contributed by atoms with Crippen LogP contribution in [0.2, 0.25) is 0 Å². The SMILES string of the molecule is [2H]C([2H])([2H])Oc1c(Nc2ccncc2C(=O)NC)cccc1-c1noc(CCF)n1. The molecule has 9 heteroatoms. The van der Waals surface area contributed by atoms with Crippen LogP contribution in [-0.4, -0.2) is 41.8 Å². The van der Waals surface area contributed by atoms with Gasteiger partial charge in [-0.3, -0.25) is 14.2 Å². The minimum atomic E-state index is -2.78. The van der Waals surface area contributed by atoms with Crippen LogP contribution in [0.25, 0.3) is 11.4 Å². The minimum Gasteiger partial charge on any atom is -0.494 e. The second-order valence-electron chi connectivity index (χ2n) is 5.36. The Morgan fingerprint density at radius 2 is 2.26 bits per heavy atom. The maximum Gasteiger partial charge on any atom is 0.254 e. The summed E-state index contributed by atoms with van der Waals surface area (Å²) in [4.78, 5) is 20.1. The number of pyridine rings is 1. The molecule has 0 fully saturated rings. The van der Waals surface area contributed by atoms with E-state index in [1.807, 2.05) is 0 Å². The third-order valence-corrected chi connectivity index (χ3v) is 3.70. The van der Waals surface area contributed by atoms with Crippen molar-refractivity contribution in [2.75, 3.05) is 26.1 Å². The predicted molar refractivity (Wildman–Crippen MR) is 96.9 cm³/mol. The zero-order valence-corrected chi connectivity index (χ0v) is 14.3. The number of anilines is 2. The molecule has 1 aromatic carbocycles. The van der Waals surface area contributed by atoms with Crippen molar-refractivity contribution in [2.24, 2.45) is 0 Å². The average molecular weight is 374 g/mol. The van der Waals surface area contributed by atoms with Crippen molar-refractivity contribution in [3.05, 3.63) is 48.1 Å². The van der Waals surface area contributed by atoms with Gasteiger partial charge in [0.25, 0.3) is 5.91 Å². The molecule has 0 bridgehead atoms. The number of para-hydroxylation sites is 1. The Balaban J connectivity index is 2.08. The molecule has 0 aliphatic carbocycles. The van der Waals surface area contributed by atoms with Crippen molar-refractivity contribution in [3.63, 3.8) is 0 Å². The highest BCUT2D eigenvalue weighted by Gasteiger charge is 2.18. The van der Waals surface area contributed by atoms with E-state index in [9.17, 15) is 9.18 Å². The van der Waals surface area contributed by atoms with Gasteiger partial charge < -0.3 is 19.9 Å². The van der Waals surface area contributed by atoms with E-state index in [4.69, 9.17) is 13.4 Å². The van der Waals surface area contributed by atoms with Crippen molar-refractivity contribution < 1.29 is 22.6 Å². The Bertz CT molecular complexity index is 1040. The maximum atomic E-state index is 12.6. The Labute approximate surface area is 159 Å². The molecule has 140 valence electrons. The smallest absolute Gasteiger partial charge is 0.254 e. The Morgan fingerprint density at radius 1 is 1.37 bits per heavy atom. The van der Waals surface area contributed by atoms with Crippen LogP contribution >= 0.6 is 0 Å². The van der Waals surface area contributed by atoms with Gasteiger partial charge in [-0.25, -0.2) is 0 Å². The second-order valence-corrected chi connectivity index (χ2v) is 5.36. The first-order valence-corrected chi connectivity index (χ1v) is 7.96. The van der Waals surface area contributed by atoms with Crippen molar-refractivity contribution in [1.82, 2.24) is 20.4 Å².